The van der Waals surface area contributed by atoms with Crippen LogP contribution in [0.25, 0.3) is 11.0 Å². The molecule has 0 aliphatic rings. The van der Waals surface area contributed by atoms with Gasteiger partial charge in [0.05, 0.1) is 7.11 Å². The summed E-state index contributed by atoms with van der Waals surface area (Å²) in [6.45, 7) is 0. The van der Waals surface area contributed by atoms with E-state index in [1.807, 2.05) is 0 Å². The van der Waals surface area contributed by atoms with Crippen molar-refractivity contribution in [1.82, 2.24) is 0 Å². The molecular formula is C11H10O5S. The number of hydrogen-bond acceptors (Lipinski definition) is 5. The Morgan fingerprint density at radius 2 is 1.94 bits per heavy atom. The van der Waals surface area contributed by atoms with E-state index in [1.165, 1.54) is 13.2 Å². The first-order valence-corrected chi connectivity index (χ1v) is 6.63. The van der Waals surface area contributed by atoms with Crippen molar-refractivity contribution in [2.24, 2.45) is 0 Å². The lowest BCUT2D eigenvalue weighted by Crippen LogP contribution is -2.12. The SMILES string of the molecule is COc1ccc2oc(=O)c(S(C)(=O)=O)cc2c1. The Kier molecular flexibility index (Phi) is 2.66. The van der Waals surface area contributed by atoms with Gasteiger partial charge in [0.2, 0.25) is 0 Å². The molecule has 17 heavy (non-hydrogen) atoms. The molecule has 0 saturated heterocycles. The van der Waals surface area contributed by atoms with E-state index in [-0.39, 0.29) is 4.90 Å². The van der Waals surface area contributed by atoms with Gasteiger partial charge in [0, 0.05) is 11.6 Å². The van der Waals surface area contributed by atoms with Crippen LogP contribution in [-0.4, -0.2) is 21.8 Å². The summed E-state index contributed by atoms with van der Waals surface area (Å²) in [5.41, 5.74) is -0.534. The summed E-state index contributed by atoms with van der Waals surface area (Å²) in [5.74, 6) is 0.561. The predicted octanol–water partition coefficient (Wildman–Crippen LogP) is 1.21. The third kappa shape index (κ3) is 2.16. The van der Waals surface area contributed by atoms with Crippen LogP contribution in [0.3, 0.4) is 0 Å². The molecule has 0 saturated carbocycles. The van der Waals surface area contributed by atoms with Crippen molar-refractivity contribution >= 4 is 20.8 Å². The second-order valence-electron chi connectivity index (χ2n) is 3.57. The Labute approximate surface area is 97.5 Å². The van der Waals surface area contributed by atoms with Crippen molar-refractivity contribution in [2.75, 3.05) is 13.4 Å². The van der Waals surface area contributed by atoms with Crippen molar-refractivity contribution in [1.29, 1.82) is 0 Å². The molecule has 90 valence electrons. The molecule has 0 spiro atoms. The van der Waals surface area contributed by atoms with Crippen LogP contribution >= 0.6 is 0 Å². The maximum absolute atomic E-state index is 11.5. The largest absolute Gasteiger partial charge is 0.497 e. The van der Waals surface area contributed by atoms with Crippen LogP contribution in [0.15, 0.2) is 38.4 Å². The first-order chi connectivity index (χ1) is 7.91. The zero-order valence-corrected chi connectivity index (χ0v) is 10.1. The van der Waals surface area contributed by atoms with E-state index >= 15 is 0 Å². The fourth-order valence-corrected chi connectivity index (χ4v) is 2.15. The molecule has 0 aliphatic carbocycles. The Morgan fingerprint density at radius 3 is 2.53 bits per heavy atom. The molecule has 0 unspecified atom stereocenters. The van der Waals surface area contributed by atoms with Crippen molar-refractivity contribution in [3.05, 3.63) is 34.7 Å². The molecule has 1 aromatic carbocycles. The fourth-order valence-electron chi connectivity index (χ4n) is 1.47. The van der Waals surface area contributed by atoms with E-state index in [9.17, 15) is 13.2 Å². The monoisotopic (exact) mass is 254 g/mol. The molecule has 0 bridgehead atoms. The van der Waals surface area contributed by atoms with Crippen LogP contribution in [0.5, 0.6) is 5.75 Å². The number of rotatable bonds is 2. The van der Waals surface area contributed by atoms with Crippen LogP contribution in [0.4, 0.5) is 0 Å². The highest BCUT2D eigenvalue weighted by atomic mass is 32.2. The number of hydrogen-bond donors (Lipinski definition) is 0. The lowest BCUT2D eigenvalue weighted by Gasteiger charge is -2.02. The maximum atomic E-state index is 11.5. The predicted molar refractivity (Wildman–Crippen MR) is 62.1 cm³/mol. The van der Waals surface area contributed by atoms with Gasteiger partial charge in [-0.25, -0.2) is 13.2 Å². The Balaban J connectivity index is 2.82. The van der Waals surface area contributed by atoms with E-state index in [2.05, 4.69) is 0 Å². The lowest BCUT2D eigenvalue weighted by molar-refractivity contribution is 0.415. The molecule has 0 N–H and O–H groups in total. The molecule has 1 aromatic heterocycles. The first kappa shape index (κ1) is 11.7. The highest BCUT2D eigenvalue weighted by Crippen LogP contribution is 2.21. The van der Waals surface area contributed by atoms with Crippen molar-refractivity contribution in [2.45, 2.75) is 4.90 Å². The normalized spacial score (nSPS) is 11.6. The standard InChI is InChI=1S/C11H10O5S/c1-15-8-3-4-9-7(5-8)6-10(11(12)16-9)17(2,13)14/h3-6H,1-2H3. The smallest absolute Gasteiger partial charge is 0.355 e. The molecule has 2 rings (SSSR count). The van der Waals surface area contributed by atoms with Gasteiger partial charge in [0.1, 0.15) is 11.3 Å². The number of benzene rings is 1. The van der Waals surface area contributed by atoms with Crippen LogP contribution in [-0.2, 0) is 9.84 Å². The molecular weight excluding hydrogens is 244 g/mol. The van der Waals surface area contributed by atoms with Crippen molar-refractivity contribution in [3.63, 3.8) is 0 Å². The minimum absolute atomic E-state index is 0.322. The van der Waals surface area contributed by atoms with Gasteiger partial charge >= 0.3 is 5.63 Å². The van der Waals surface area contributed by atoms with Crippen LogP contribution < -0.4 is 10.4 Å². The summed E-state index contributed by atoms with van der Waals surface area (Å²) in [5, 5.41) is 0.504. The minimum Gasteiger partial charge on any atom is -0.497 e. The van der Waals surface area contributed by atoms with Gasteiger partial charge < -0.3 is 9.15 Å². The summed E-state index contributed by atoms with van der Waals surface area (Å²) in [4.78, 5) is 11.1. The Morgan fingerprint density at radius 1 is 1.24 bits per heavy atom. The molecule has 0 amide bonds. The first-order valence-electron chi connectivity index (χ1n) is 4.74. The number of fused-ring (bicyclic) bond motifs is 1. The average molecular weight is 254 g/mol. The van der Waals surface area contributed by atoms with Gasteiger partial charge in [-0.1, -0.05) is 0 Å². The van der Waals surface area contributed by atoms with Crippen LogP contribution in [0.1, 0.15) is 0 Å². The van der Waals surface area contributed by atoms with Crippen LogP contribution in [0, 0.1) is 0 Å². The fraction of sp³-hybridized carbons (Fsp3) is 0.182. The zero-order chi connectivity index (χ0) is 12.6. The topological polar surface area (TPSA) is 73.6 Å². The van der Waals surface area contributed by atoms with E-state index in [1.54, 1.807) is 18.2 Å². The second kappa shape index (κ2) is 3.89. The van der Waals surface area contributed by atoms with Crippen molar-refractivity contribution < 1.29 is 17.6 Å². The van der Waals surface area contributed by atoms with Crippen molar-refractivity contribution in [3.8, 4) is 5.75 Å². The van der Waals surface area contributed by atoms with Gasteiger partial charge in [-0.3, -0.25) is 0 Å². The van der Waals surface area contributed by atoms with Gasteiger partial charge in [-0.05, 0) is 24.3 Å². The minimum atomic E-state index is -3.59. The van der Waals surface area contributed by atoms with Gasteiger partial charge in [0.25, 0.3) is 0 Å². The number of ether oxygens (including phenoxy) is 1. The molecule has 0 atom stereocenters. The highest BCUT2D eigenvalue weighted by Gasteiger charge is 2.15. The van der Waals surface area contributed by atoms with E-state index in [4.69, 9.17) is 9.15 Å². The van der Waals surface area contributed by atoms with E-state index < -0.39 is 15.5 Å². The molecule has 1 heterocycles. The quantitative estimate of drug-likeness (QED) is 0.753. The van der Waals surface area contributed by atoms with Gasteiger partial charge in [-0.2, -0.15) is 0 Å². The third-order valence-electron chi connectivity index (χ3n) is 2.31. The molecule has 2 aromatic rings. The third-order valence-corrected chi connectivity index (χ3v) is 3.39. The summed E-state index contributed by atoms with van der Waals surface area (Å²) in [6, 6.07) is 6.08. The molecule has 5 nitrogen and oxygen atoms in total. The van der Waals surface area contributed by atoms with E-state index in [0.29, 0.717) is 16.7 Å². The zero-order valence-electron chi connectivity index (χ0n) is 9.26. The van der Waals surface area contributed by atoms with Gasteiger partial charge in [0.15, 0.2) is 14.7 Å². The summed E-state index contributed by atoms with van der Waals surface area (Å²) >= 11 is 0. The number of methoxy groups -OCH3 is 1. The van der Waals surface area contributed by atoms with Crippen LogP contribution in [0.2, 0.25) is 0 Å². The molecule has 0 radical (unpaired) electrons. The summed E-state index contributed by atoms with van der Waals surface area (Å²) in [7, 11) is -2.09. The molecule has 6 heteroatoms. The lowest BCUT2D eigenvalue weighted by atomic mass is 10.2. The molecule has 0 fully saturated rings. The maximum Gasteiger partial charge on any atom is 0.355 e. The number of sulfone groups is 1. The summed E-state index contributed by atoms with van der Waals surface area (Å²) in [6.07, 6.45) is 0.964. The Hall–Kier alpha value is -1.82. The van der Waals surface area contributed by atoms with Gasteiger partial charge in [-0.15, -0.1) is 0 Å². The average Bonchev–Trinajstić information content (AvgIpc) is 2.26. The molecule has 0 aliphatic heterocycles. The second-order valence-corrected chi connectivity index (χ2v) is 5.56. The highest BCUT2D eigenvalue weighted by molar-refractivity contribution is 7.90. The van der Waals surface area contributed by atoms with E-state index in [0.717, 1.165) is 6.26 Å². The summed E-state index contributed by atoms with van der Waals surface area (Å²) < 4.78 is 32.7. The Bertz CT molecular complexity index is 727.